The van der Waals surface area contributed by atoms with E-state index in [9.17, 15) is 19.5 Å². The van der Waals surface area contributed by atoms with Crippen molar-refractivity contribution in [3.63, 3.8) is 0 Å². The molecule has 3 aliphatic rings. The van der Waals surface area contributed by atoms with E-state index in [1.165, 1.54) is 19.0 Å². The number of nitrogens with zero attached hydrogens (tertiary/aromatic N) is 6. The van der Waals surface area contributed by atoms with Gasteiger partial charge in [0.1, 0.15) is 28.3 Å². The number of aromatic carboxylic acids is 1. The van der Waals surface area contributed by atoms with Crippen LogP contribution in [0.2, 0.25) is 10.6 Å². The molecule has 0 bridgehead atoms. The fraction of sp³-hybridized carbons (Fsp3) is 0.516. The van der Waals surface area contributed by atoms with Crippen LogP contribution in [-0.2, 0) is 15.8 Å². The van der Waals surface area contributed by atoms with Gasteiger partial charge in [0.05, 0.1) is 11.1 Å². The largest absolute Gasteiger partial charge is 0.477 e. The molecule has 2 saturated carbocycles. The Morgan fingerprint density at radius 2 is 1.52 bits per heavy atom. The summed E-state index contributed by atoms with van der Waals surface area (Å²) >= 11 is 11.9. The van der Waals surface area contributed by atoms with Crippen LogP contribution in [-0.4, -0.2) is 70.8 Å². The van der Waals surface area contributed by atoms with Crippen molar-refractivity contribution < 1.29 is 24.2 Å². The molecule has 3 N–H and O–H groups in total. The van der Waals surface area contributed by atoms with Crippen molar-refractivity contribution in [1.29, 1.82) is 0 Å². The van der Waals surface area contributed by atoms with Crippen molar-refractivity contribution in [3.8, 4) is 0 Å². The van der Waals surface area contributed by atoms with Crippen LogP contribution in [0.25, 0.3) is 22.1 Å². The van der Waals surface area contributed by atoms with Gasteiger partial charge in [-0.2, -0.15) is 9.97 Å². The molecule has 5 heterocycles. The molecule has 2 amide bonds. The molecular weight excluding hydrogens is 635 g/mol. The van der Waals surface area contributed by atoms with Gasteiger partial charge in [-0.15, -0.1) is 0 Å². The summed E-state index contributed by atoms with van der Waals surface area (Å²) in [5, 5.41) is 17.3. The summed E-state index contributed by atoms with van der Waals surface area (Å²) < 4.78 is 9.12. The number of nitrogens with one attached hydrogen (secondary N) is 2. The zero-order valence-corrected chi connectivity index (χ0v) is 27.4. The second-order valence-electron chi connectivity index (χ2n) is 13.3. The molecule has 7 rings (SSSR count). The molecule has 244 valence electrons. The standard InChI is InChI=1S/C18H23ClN4O4.C13H13ClN4O/c1-17(2,3)27-16(26)21-10-18(6-4-5-7-18)23-12(14(24)25)8-11-9-20-15(19)22-13(11)23;14-12-15-6-8-5-9-11(19)16-7-13(3-1-2-4-13)18(9)10(8)17-12/h8-9H,4-7,10H2,1-3H3,(H,21,26)(H,24,25);5-6H,1-4,7H2,(H,16,19). The Morgan fingerprint density at radius 3 is 2.11 bits per heavy atom. The molecule has 1 spiro atoms. The summed E-state index contributed by atoms with van der Waals surface area (Å²) in [7, 11) is 0. The van der Waals surface area contributed by atoms with Gasteiger partial charge in [-0.25, -0.2) is 19.6 Å². The van der Waals surface area contributed by atoms with Gasteiger partial charge in [0.25, 0.3) is 5.91 Å². The summed E-state index contributed by atoms with van der Waals surface area (Å²) in [5.41, 5.74) is 0.786. The summed E-state index contributed by atoms with van der Waals surface area (Å²) in [6.45, 7) is 6.30. The first kappa shape index (κ1) is 32.0. The molecule has 1 aliphatic heterocycles. The Labute approximate surface area is 275 Å². The Kier molecular flexibility index (Phi) is 8.34. The normalized spacial score (nSPS) is 18.2. The minimum Gasteiger partial charge on any atom is -0.477 e. The number of carboxylic acids is 1. The van der Waals surface area contributed by atoms with Gasteiger partial charge in [0.15, 0.2) is 0 Å². The van der Waals surface area contributed by atoms with Crippen LogP contribution in [0, 0.1) is 0 Å². The zero-order valence-electron chi connectivity index (χ0n) is 25.9. The van der Waals surface area contributed by atoms with Crippen LogP contribution in [0.4, 0.5) is 4.79 Å². The number of carboxylic acid groups (broad SMARTS) is 1. The van der Waals surface area contributed by atoms with Crippen LogP contribution in [0.5, 0.6) is 0 Å². The Bertz CT molecular complexity index is 1830. The van der Waals surface area contributed by atoms with Gasteiger partial charge in [-0.3, -0.25) is 4.79 Å². The zero-order chi connectivity index (χ0) is 32.9. The molecule has 0 saturated heterocycles. The highest BCUT2D eigenvalue weighted by Crippen LogP contribution is 2.42. The lowest BCUT2D eigenvalue weighted by Crippen LogP contribution is -2.50. The van der Waals surface area contributed by atoms with Crippen molar-refractivity contribution in [2.75, 3.05) is 13.1 Å². The van der Waals surface area contributed by atoms with E-state index in [4.69, 9.17) is 27.9 Å². The number of hydrogen-bond acceptors (Lipinski definition) is 8. The fourth-order valence-electron chi connectivity index (χ4n) is 7.13. The lowest BCUT2D eigenvalue weighted by molar-refractivity contribution is 0.0502. The van der Waals surface area contributed by atoms with Crippen LogP contribution in [0.15, 0.2) is 24.5 Å². The molecule has 0 radical (unpaired) electrons. The maximum Gasteiger partial charge on any atom is 0.407 e. The number of aromatic nitrogens is 6. The van der Waals surface area contributed by atoms with E-state index in [2.05, 4.69) is 35.1 Å². The molecule has 2 fully saturated rings. The fourth-order valence-corrected chi connectivity index (χ4v) is 7.39. The summed E-state index contributed by atoms with van der Waals surface area (Å²) in [5.74, 6) is -1.10. The first-order valence-corrected chi connectivity index (χ1v) is 16.1. The minimum absolute atomic E-state index is 0.0251. The molecule has 4 aromatic rings. The number of hydrogen-bond donors (Lipinski definition) is 3. The number of ether oxygens (including phenoxy) is 1. The highest BCUT2D eigenvalue weighted by molar-refractivity contribution is 6.28. The predicted octanol–water partition coefficient (Wildman–Crippen LogP) is 5.67. The molecule has 0 unspecified atom stereocenters. The lowest BCUT2D eigenvalue weighted by atomic mass is 9.94. The quantitative estimate of drug-likeness (QED) is 0.232. The highest BCUT2D eigenvalue weighted by Gasteiger charge is 2.43. The summed E-state index contributed by atoms with van der Waals surface area (Å²) in [4.78, 5) is 52.7. The maximum atomic E-state index is 12.2. The van der Waals surface area contributed by atoms with E-state index in [1.54, 1.807) is 37.6 Å². The Morgan fingerprint density at radius 1 is 0.957 bits per heavy atom. The number of rotatable bonds is 4. The third-order valence-corrected chi connectivity index (χ3v) is 9.39. The number of carbonyl (C=O) groups excluding carboxylic acids is 2. The van der Waals surface area contributed by atoms with Crippen LogP contribution in [0.1, 0.15) is 93.1 Å². The Balaban J connectivity index is 0.000000171. The smallest absolute Gasteiger partial charge is 0.407 e. The third-order valence-electron chi connectivity index (χ3n) is 9.03. The van der Waals surface area contributed by atoms with Crippen LogP contribution in [0.3, 0.4) is 0 Å². The first-order chi connectivity index (χ1) is 21.8. The van der Waals surface area contributed by atoms with E-state index in [0.29, 0.717) is 36.1 Å². The molecule has 13 nitrogen and oxygen atoms in total. The van der Waals surface area contributed by atoms with Gasteiger partial charge in [0.2, 0.25) is 10.6 Å². The summed E-state index contributed by atoms with van der Waals surface area (Å²) in [6, 6.07) is 3.40. The van der Waals surface area contributed by atoms with Crippen molar-refractivity contribution in [1.82, 2.24) is 39.7 Å². The van der Waals surface area contributed by atoms with Crippen molar-refractivity contribution in [2.24, 2.45) is 0 Å². The average Bonchev–Trinajstić information content (AvgIpc) is 3.79. The highest BCUT2D eigenvalue weighted by atomic mass is 35.5. The average molecular weight is 672 g/mol. The number of amides is 2. The molecule has 15 heteroatoms. The number of halogens is 2. The first-order valence-electron chi connectivity index (χ1n) is 15.4. The number of carbonyl (C=O) groups is 3. The van der Waals surface area contributed by atoms with Crippen LogP contribution >= 0.6 is 23.2 Å². The third kappa shape index (κ3) is 5.97. The van der Waals surface area contributed by atoms with Gasteiger partial charge in [0, 0.05) is 36.3 Å². The molecular formula is C31H36Cl2N8O5. The van der Waals surface area contributed by atoms with Gasteiger partial charge in [-0.1, -0.05) is 25.7 Å². The van der Waals surface area contributed by atoms with Crippen LogP contribution < -0.4 is 10.6 Å². The second-order valence-corrected chi connectivity index (χ2v) is 13.9. The van der Waals surface area contributed by atoms with E-state index in [-0.39, 0.29) is 34.3 Å². The molecule has 0 aromatic carbocycles. The van der Waals surface area contributed by atoms with Gasteiger partial charge >= 0.3 is 12.1 Å². The lowest BCUT2D eigenvalue weighted by Gasteiger charge is -2.36. The molecule has 2 aliphatic carbocycles. The second kappa shape index (κ2) is 12.0. The van der Waals surface area contributed by atoms with E-state index in [0.717, 1.165) is 36.7 Å². The predicted molar refractivity (Wildman–Crippen MR) is 171 cm³/mol. The van der Waals surface area contributed by atoms with Crippen molar-refractivity contribution >= 4 is 63.2 Å². The van der Waals surface area contributed by atoms with E-state index >= 15 is 0 Å². The minimum atomic E-state index is -1.06. The SMILES string of the molecule is CC(C)(C)OC(=O)NCC1(n2c(C(=O)O)cc3cnc(Cl)nc32)CCCC1.O=C1NCC2(CCCC2)n2c1cc1cnc(Cl)nc12. The van der Waals surface area contributed by atoms with E-state index in [1.807, 2.05) is 6.07 Å². The number of alkyl carbamates (subject to hydrolysis) is 1. The molecule has 46 heavy (non-hydrogen) atoms. The van der Waals surface area contributed by atoms with Crippen molar-refractivity contribution in [2.45, 2.75) is 88.8 Å². The monoisotopic (exact) mass is 670 g/mol. The van der Waals surface area contributed by atoms with E-state index < -0.39 is 23.2 Å². The summed E-state index contributed by atoms with van der Waals surface area (Å²) in [6.07, 6.45) is 10.5. The molecule has 0 atom stereocenters. The maximum absolute atomic E-state index is 12.2. The topological polar surface area (TPSA) is 166 Å². The number of fused-ring (bicyclic) bond motifs is 5. The Hall–Kier alpha value is -3.97. The van der Waals surface area contributed by atoms with Gasteiger partial charge in [-0.05, 0) is 81.8 Å². The molecule has 4 aromatic heterocycles. The van der Waals surface area contributed by atoms with Crippen molar-refractivity contribution in [3.05, 3.63) is 46.5 Å². The van der Waals surface area contributed by atoms with Gasteiger partial charge < -0.3 is 29.6 Å².